The first-order valence-electron chi connectivity index (χ1n) is 6.21. The molecule has 0 bridgehead atoms. The van der Waals surface area contributed by atoms with E-state index in [1.165, 1.54) is 12.1 Å². The number of aliphatic hydroxyl groups excluding tert-OH is 3. The third-order valence-electron chi connectivity index (χ3n) is 3.14. The largest absolute Gasteiger partial charge is 0.479 e. The second kappa shape index (κ2) is 6.36. The summed E-state index contributed by atoms with van der Waals surface area (Å²) in [5, 5.41) is 37.7. The number of aliphatic carboxylic acids is 1. The standard InChI is InChI=1S/C13H13FO8/c14-6-4-2-1-3-5(6)12(19)21-9-7(15)10(11(17)18)22-13(20)8(9)16/h1-4,7-10,13,15-16,20H,(H,17,18)/t7-,8+,9-,10-,13+/m0/s1. The number of halogens is 1. The van der Waals surface area contributed by atoms with Crippen LogP contribution < -0.4 is 0 Å². The fraction of sp³-hybridized carbons (Fsp3) is 0.385. The molecule has 0 spiro atoms. The summed E-state index contributed by atoms with van der Waals surface area (Å²) in [7, 11) is 0. The molecular formula is C13H13FO8. The fourth-order valence-electron chi connectivity index (χ4n) is 2.01. The second-order valence-corrected chi connectivity index (χ2v) is 4.62. The van der Waals surface area contributed by atoms with Gasteiger partial charge in [0.25, 0.3) is 0 Å². The number of aliphatic hydroxyl groups is 3. The number of hydrogen-bond donors (Lipinski definition) is 4. The molecule has 1 aliphatic heterocycles. The van der Waals surface area contributed by atoms with Crippen LogP contribution in [0.1, 0.15) is 10.4 Å². The van der Waals surface area contributed by atoms with E-state index in [4.69, 9.17) is 9.84 Å². The number of hydrogen-bond acceptors (Lipinski definition) is 7. The van der Waals surface area contributed by atoms with Gasteiger partial charge in [0.05, 0.1) is 5.56 Å². The van der Waals surface area contributed by atoms with Crippen molar-refractivity contribution in [2.45, 2.75) is 30.7 Å². The lowest BCUT2D eigenvalue weighted by Gasteiger charge is -2.38. The maximum Gasteiger partial charge on any atom is 0.341 e. The number of rotatable bonds is 3. The van der Waals surface area contributed by atoms with E-state index in [-0.39, 0.29) is 0 Å². The number of esters is 1. The number of carbonyl (C=O) groups excluding carboxylic acids is 1. The van der Waals surface area contributed by atoms with Gasteiger partial charge in [-0.15, -0.1) is 0 Å². The maximum atomic E-state index is 13.5. The molecule has 0 radical (unpaired) electrons. The zero-order valence-corrected chi connectivity index (χ0v) is 11.0. The molecule has 1 aromatic rings. The van der Waals surface area contributed by atoms with Gasteiger partial charge in [0, 0.05) is 0 Å². The Kier molecular flexibility index (Phi) is 4.71. The lowest BCUT2D eigenvalue weighted by atomic mass is 9.98. The van der Waals surface area contributed by atoms with Crippen molar-refractivity contribution in [1.82, 2.24) is 0 Å². The van der Waals surface area contributed by atoms with Gasteiger partial charge in [-0.25, -0.2) is 14.0 Å². The van der Waals surface area contributed by atoms with E-state index in [1.807, 2.05) is 0 Å². The minimum atomic E-state index is -1.98. The Hall–Kier alpha value is -2.07. The molecule has 4 N–H and O–H groups in total. The molecule has 1 saturated heterocycles. The molecule has 9 heteroatoms. The van der Waals surface area contributed by atoms with E-state index in [0.717, 1.165) is 12.1 Å². The van der Waals surface area contributed by atoms with Crippen molar-refractivity contribution < 1.29 is 43.9 Å². The summed E-state index contributed by atoms with van der Waals surface area (Å²) in [5.74, 6) is -3.73. The Labute approximate surface area is 123 Å². The normalized spacial score (nSPS) is 31.5. The average Bonchev–Trinajstić information content (AvgIpc) is 2.47. The lowest BCUT2D eigenvalue weighted by molar-refractivity contribution is -0.279. The van der Waals surface area contributed by atoms with Crippen molar-refractivity contribution in [3.63, 3.8) is 0 Å². The zero-order chi connectivity index (χ0) is 16.4. The van der Waals surface area contributed by atoms with Crippen LogP contribution in [0.3, 0.4) is 0 Å². The first-order valence-corrected chi connectivity index (χ1v) is 6.21. The van der Waals surface area contributed by atoms with E-state index in [1.54, 1.807) is 0 Å². The smallest absolute Gasteiger partial charge is 0.341 e. The first kappa shape index (κ1) is 16.3. The average molecular weight is 316 g/mol. The summed E-state index contributed by atoms with van der Waals surface area (Å²) in [5.41, 5.74) is -0.463. The molecule has 2 rings (SSSR count). The second-order valence-electron chi connectivity index (χ2n) is 4.62. The molecule has 5 atom stereocenters. The molecule has 1 fully saturated rings. The molecular weight excluding hydrogens is 303 g/mol. The molecule has 0 saturated carbocycles. The van der Waals surface area contributed by atoms with Crippen molar-refractivity contribution in [3.05, 3.63) is 35.6 Å². The topological polar surface area (TPSA) is 134 Å². The summed E-state index contributed by atoms with van der Waals surface area (Å²) < 4.78 is 22.7. The molecule has 0 aliphatic carbocycles. The zero-order valence-electron chi connectivity index (χ0n) is 11.0. The number of carboxylic acids is 1. The number of carbonyl (C=O) groups is 2. The molecule has 1 aliphatic rings. The molecule has 1 aromatic carbocycles. The molecule has 22 heavy (non-hydrogen) atoms. The predicted octanol–water partition coefficient (Wildman–Crippen LogP) is -1.13. The van der Waals surface area contributed by atoms with Crippen molar-refractivity contribution in [1.29, 1.82) is 0 Å². The number of ether oxygens (including phenoxy) is 2. The van der Waals surface area contributed by atoms with Crippen LogP contribution in [0.4, 0.5) is 4.39 Å². The van der Waals surface area contributed by atoms with Crippen molar-refractivity contribution >= 4 is 11.9 Å². The molecule has 8 nitrogen and oxygen atoms in total. The van der Waals surface area contributed by atoms with Crippen molar-refractivity contribution in [2.75, 3.05) is 0 Å². The van der Waals surface area contributed by atoms with E-state index in [9.17, 15) is 29.3 Å². The van der Waals surface area contributed by atoms with Crippen LogP contribution in [0.15, 0.2) is 24.3 Å². The van der Waals surface area contributed by atoms with Crippen LogP contribution in [0, 0.1) is 5.82 Å². The minimum Gasteiger partial charge on any atom is -0.479 e. The van der Waals surface area contributed by atoms with Crippen molar-refractivity contribution in [2.24, 2.45) is 0 Å². The van der Waals surface area contributed by atoms with Crippen LogP contribution in [-0.4, -0.2) is 63.1 Å². The van der Waals surface area contributed by atoms with Gasteiger partial charge < -0.3 is 29.9 Å². The maximum absolute atomic E-state index is 13.5. The Bertz CT molecular complexity index is 577. The summed E-state index contributed by atoms with van der Waals surface area (Å²) in [6, 6.07) is 4.82. The van der Waals surface area contributed by atoms with Gasteiger partial charge in [-0.2, -0.15) is 0 Å². The van der Waals surface area contributed by atoms with E-state index in [0.29, 0.717) is 0 Å². The Morgan fingerprint density at radius 1 is 1.14 bits per heavy atom. The van der Waals surface area contributed by atoms with Crippen LogP contribution in [0.25, 0.3) is 0 Å². The summed E-state index contributed by atoms with van der Waals surface area (Å²) in [6.07, 6.45) is -9.51. The van der Waals surface area contributed by atoms with E-state index < -0.39 is 54.0 Å². The SMILES string of the molecule is O=C(O[C@@H]1[C@@H](O)[C@H](O)O[C@H](C(=O)O)[C@H]1O)c1ccccc1F. The Balaban J connectivity index is 2.20. The summed E-state index contributed by atoms with van der Waals surface area (Å²) in [6.45, 7) is 0. The molecule has 0 amide bonds. The fourth-order valence-corrected chi connectivity index (χ4v) is 2.01. The first-order chi connectivity index (χ1) is 10.3. The number of carboxylic acid groups (broad SMARTS) is 1. The highest BCUT2D eigenvalue weighted by Crippen LogP contribution is 2.24. The van der Waals surface area contributed by atoms with Crippen LogP contribution in [0.5, 0.6) is 0 Å². The minimum absolute atomic E-state index is 0.463. The highest BCUT2D eigenvalue weighted by molar-refractivity contribution is 5.89. The van der Waals surface area contributed by atoms with E-state index >= 15 is 0 Å². The summed E-state index contributed by atoms with van der Waals surface area (Å²) in [4.78, 5) is 22.7. The van der Waals surface area contributed by atoms with Gasteiger partial charge in [0.15, 0.2) is 18.5 Å². The van der Waals surface area contributed by atoms with Gasteiger partial charge >= 0.3 is 11.9 Å². The predicted molar refractivity (Wildman–Crippen MR) is 66.1 cm³/mol. The van der Waals surface area contributed by atoms with Gasteiger partial charge in [-0.1, -0.05) is 12.1 Å². The molecule has 120 valence electrons. The van der Waals surface area contributed by atoms with Gasteiger partial charge in [-0.3, -0.25) is 0 Å². The third kappa shape index (κ3) is 3.07. The Morgan fingerprint density at radius 3 is 2.36 bits per heavy atom. The van der Waals surface area contributed by atoms with E-state index in [2.05, 4.69) is 4.74 Å². The molecule has 0 unspecified atom stereocenters. The quantitative estimate of drug-likeness (QED) is 0.515. The van der Waals surface area contributed by atoms with Crippen LogP contribution in [-0.2, 0) is 14.3 Å². The Morgan fingerprint density at radius 2 is 1.77 bits per heavy atom. The highest BCUT2D eigenvalue weighted by Gasteiger charge is 2.49. The van der Waals surface area contributed by atoms with Gasteiger partial charge in [-0.05, 0) is 12.1 Å². The third-order valence-corrected chi connectivity index (χ3v) is 3.14. The van der Waals surface area contributed by atoms with Crippen LogP contribution in [0.2, 0.25) is 0 Å². The lowest BCUT2D eigenvalue weighted by Crippen LogP contribution is -2.61. The summed E-state index contributed by atoms with van der Waals surface area (Å²) >= 11 is 0. The number of benzene rings is 1. The van der Waals surface area contributed by atoms with Gasteiger partial charge in [0.2, 0.25) is 0 Å². The molecule has 1 heterocycles. The van der Waals surface area contributed by atoms with Crippen LogP contribution >= 0.6 is 0 Å². The molecule has 0 aromatic heterocycles. The van der Waals surface area contributed by atoms with Crippen molar-refractivity contribution in [3.8, 4) is 0 Å². The van der Waals surface area contributed by atoms with Gasteiger partial charge in [0.1, 0.15) is 18.0 Å². The highest BCUT2D eigenvalue weighted by atomic mass is 19.1. The monoisotopic (exact) mass is 316 g/mol.